The number of benzene rings is 5. The molecule has 10 heteroatoms. The van der Waals surface area contributed by atoms with Gasteiger partial charge in [0.25, 0.3) is 11.8 Å². The minimum atomic E-state index is -0.633. The number of carbonyl (C=O) groups excluding carboxylic acids is 3. The highest BCUT2D eigenvalue weighted by molar-refractivity contribution is 8.00. The van der Waals surface area contributed by atoms with Crippen LogP contribution in [0.2, 0.25) is 5.02 Å². The van der Waals surface area contributed by atoms with E-state index in [9.17, 15) is 14.4 Å². The molecule has 0 bridgehead atoms. The Balaban J connectivity index is 1.33. The topological polar surface area (TPSA) is 106 Å². The van der Waals surface area contributed by atoms with Gasteiger partial charge in [-0.25, -0.2) is 0 Å². The lowest BCUT2D eigenvalue weighted by atomic mass is 10.1. The lowest BCUT2D eigenvalue weighted by Gasteiger charge is -2.19. The summed E-state index contributed by atoms with van der Waals surface area (Å²) in [6, 6.07) is 37.6. The summed E-state index contributed by atoms with van der Waals surface area (Å²) in [6.45, 7) is 0. The first kappa shape index (κ1) is 33.8. The fourth-order valence-electron chi connectivity index (χ4n) is 4.67. The Morgan fingerprint density at radius 2 is 1.33 bits per heavy atom. The van der Waals surface area contributed by atoms with Gasteiger partial charge < -0.3 is 25.4 Å². The number of halogens is 1. The highest BCUT2D eigenvalue weighted by atomic mass is 35.5. The van der Waals surface area contributed by atoms with Gasteiger partial charge in [-0.15, -0.1) is 11.8 Å². The maximum Gasteiger partial charge on any atom is 0.272 e. The van der Waals surface area contributed by atoms with Crippen molar-refractivity contribution in [2.75, 3.05) is 24.9 Å². The van der Waals surface area contributed by atoms with E-state index >= 15 is 0 Å². The van der Waals surface area contributed by atoms with Gasteiger partial charge in [0.15, 0.2) is 0 Å². The van der Waals surface area contributed by atoms with Crippen LogP contribution in [0.4, 0.5) is 11.4 Å². The monoisotopic (exact) mass is 677 g/mol. The van der Waals surface area contributed by atoms with Crippen LogP contribution in [0.3, 0.4) is 0 Å². The van der Waals surface area contributed by atoms with Crippen LogP contribution in [0.25, 0.3) is 6.08 Å². The second kappa shape index (κ2) is 16.4. The smallest absolute Gasteiger partial charge is 0.272 e. The Labute approximate surface area is 288 Å². The van der Waals surface area contributed by atoms with Crippen LogP contribution in [-0.4, -0.2) is 31.9 Å². The van der Waals surface area contributed by atoms with E-state index in [1.54, 1.807) is 54.6 Å². The molecule has 0 aliphatic rings. The molecule has 1 unspecified atom stereocenters. The van der Waals surface area contributed by atoms with Crippen molar-refractivity contribution in [1.29, 1.82) is 0 Å². The molecule has 0 aliphatic heterocycles. The molecule has 0 radical (unpaired) electrons. The molecule has 5 aromatic rings. The molecule has 8 nitrogen and oxygen atoms in total. The third-order valence-corrected chi connectivity index (χ3v) is 8.64. The quantitative estimate of drug-likeness (QED) is 0.0908. The number of ether oxygens (including phenoxy) is 2. The molecule has 0 aliphatic carbocycles. The summed E-state index contributed by atoms with van der Waals surface area (Å²) in [6.07, 6.45) is 1.62. The zero-order valence-corrected chi connectivity index (χ0v) is 27.7. The van der Waals surface area contributed by atoms with Crippen molar-refractivity contribution in [1.82, 2.24) is 5.32 Å². The van der Waals surface area contributed by atoms with E-state index in [0.717, 1.165) is 16.0 Å². The first-order valence-corrected chi connectivity index (χ1v) is 16.1. The molecule has 5 aromatic carbocycles. The van der Waals surface area contributed by atoms with Gasteiger partial charge in [-0.3, -0.25) is 14.4 Å². The van der Waals surface area contributed by atoms with E-state index in [4.69, 9.17) is 21.1 Å². The summed E-state index contributed by atoms with van der Waals surface area (Å²) in [5.74, 6) is -0.347. The highest BCUT2D eigenvalue weighted by Crippen LogP contribution is 2.40. The number of hydrogen-bond acceptors (Lipinski definition) is 6. The van der Waals surface area contributed by atoms with E-state index < -0.39 is 17.1 Å². The van der Waals surface area contributed by atoms with Crippen molar-refractivity contribution < 1.29 is 23.9 Å². The highest BCUT2D eigenvalue weighted by Gasteiger charge is 2.24. The van der Waals surface area contributed by atoms with Gasteiger partial charge in [-0.05, 0) is 59.7 Å². The minimum absolute atomic E-state index is 0.0865. The van der Waals surface area contributed by atoms with Gasteiger partial charge >= 0.3 is 0 Å². The molecule has 0 spiro atoms. The zero-order valence-electron chi connectivity index (χ0n) is 26.1. The third kappa shape index (κ3) is 8.85. The van der Waals surface area contributed by atoms with Crippen LogP contribution in [0.5, 0.6) is 11.5 Å². The molecule has 0 heterocycles. The maximum atomic E-state index is 13.7. The second-order valence-corrected chi connectivity index (χ2v) is 11.9. The molecule has 48 heavy (non-hydrogen) atoms. The Morgan fingerprint density at radius 3 is 1.96 bits per heavy atom. The first-order chi connectivity index (χ1) is 23.3. The molecule has 5 rings (SSSR count). The summed E-state index contributed by atoms with van der Waals surface area (Å²) >= 11 is 7.69. The van der Waals surface area contributed by atoms with Crippen LogP contribution in [-0.2, 0) is 9.59 Å². The number of methoxy groups -OCH3 is 2. The van der Waals surface area contributed by atoms with Gasteiger partial charge in [0.1, 0.15) is 22.4 Å². The average Bonchev–Trinajstić information content (AvgIpc) is 3.12. The second-order valence-electron chi connectivity index (χ2n) is 10.4. The lowest BCUT2D eigenvalue weighted by molar-refractivity contribution is -0.116. The predicted molar refractivity (Wildman–Crippen MR) is 192 cm³/mol. The van der Waals surface area contributed by atoms with Gasteiger partial charge in [0, 0.05) is 22.2 Å². The molecule has 1 atom stereocenters. The van der Waals surface area contributed by atoms with Crippen LogP contribution in [0.1, 0.15) is 26.7 Å². The molecule has 0 fully saturated rings. The van der Waals surface area contributed by atoms with E-state index in [1.165, 1.54) is 26.0 Å². The van der Waals surface area contributed by atoms with Gasteiger partial charge in [0.2, 0.25) is 5.91 Å². The van der Waals surface area contributed by atoms with Crippen LogP contribution >= 0.6 is 23.4 Å². The SMILES string of the molecule is COc1cc(OC)c(NC(=O)C(Sc2ccc(NC(=O)/C(=C/c3ccccc3)NC(=O)c3ccccc3)cc2)c2ccccc2)cc1Cl. The van der Waals surface area contributed by atoms with E-state index in [1.807, 2.05) is 78.9 Å². The number of hydrogen-bond donors (Lipinski definition) is 3. The number of rotatable bonds is 12. The van der Waals surface area contributed by atoms with E-state index in [-0.39, 0.29) is 11.6 Å². The molecule has 3 N–H and O–H groups in total. The molecule has 242 valence electrons. The summed E-state index contributed by atoms with van der Waals surface area (Å²) in [7, 11) is 3.00. The third-order valence-electron chi connectivity index (χ3n) is 7.08. The Morgan fingerprint density at radius 1 is 0.729 bits per heavy atom. The standard InChI is InChI=1S/C38H32ClN3O5S/c1-46-33-24-34(47-2)31(23-30(33)39)41-38(45)35(26-14-8-4-9-15-26)48-29-20-18-28(19-21-29)40-37(44)32(22-25-12-6-3-7-13-25)42-36(43)27-16-10-5-11-17-27/h3-24,35H,1-2H3,(H,40,44)(H,41,45)(H,42,43)/b32-22-. The molecular weight excluding hydrogens is 646 g/mol. The fourth-order valence-corrected chi connectivity index (χ4v) is 5.93. The molecule has 3 amide bonds. The van der Waals surface area contributed by atoms with Crippen LogP contribution < -0.4 is 25.4 Å². The molecule has 0 saturated heterocycles. The largest absolute Gasteiger partial charge is 0.495 e. The summed E-state index contributed by atoms with van der Waals surface area (Å²) in [5.41, 5.74) is 2.98. The maximum absolute atomic E-state index is 13.7. The zero-order chi connectivity index (χ0) is 33.9. The van der Waals surface area contributed by atoms with Gasteiger partial charge in [0.05, 0.1) is 24.9 Å². The Hall–Kier alpha value is -5.51. The number of carbonyl (C=O) groups is 3. The molecule has 0 aromatic heterocycles. The summed E-state index contributed by atoms with van der Waals surface area (Å²) in [4.78, 5) is 40.9. The number of nitrogens with one attached hydrogen (secondary N) is 3. The van der Waals surface area contributed by atoms with Crippen molar-refractivity contribution >= 4 is 58.5 Å². The van der Waals surface area contributed by atoms with Crippen molar-refractivity contribution in [3.8, 4) is 11.5 Å². The van der Waals surface area contributed by atoms with Gasteiger partial charge in [-0.1, -0.05) is 90.5 Å². The number of anilines is 2. The van der Waals surface area contributed by atoms with E-state index in [0.29, 0.717) is 33.5 Å². The number of thioether (sulfide) groups is 1. The van der Waals surface area contributed by atoms with Crippen molar-refractivity contribution in [3.63, 3.8) is 0 Å². The summed E-state index contributed by atoms with van der Waals surface area (Å²) in [5, 5.41) is 8.26. The Bertz CT molecular complexity index is 1900. The van der Waals surface area contributed by atoms with Crippen molar-refractivity contribution in [3.05, 3.63) is 155 Å². The Kier molecular flexibility index (Phi) is 11.5. The predicted octanol–water partition coefficient (Wildman–Crippen LogP) is 8.24. The first-order valence-electron chi connectivity index (χ1n) is 14.8. The normalized spacial score (nSPS) is 11.6. The van der Waals surface area contributed by atoms with Crippen LogP contribution in [0.15, 0.2) is 138 Å². The lowest BCUT2D eigenvalue weighted by Crippen LogP contribution is -2.30. The summed E-state index contributed by atoms with van der Waals surface area (Å²) < 4.78 is 10.7. The molecule has 0 saturated carbocycles. The van der Waals surface area contributed by atoms with Gasteiger partial charge in [-0.2, -0.15) is 0 Å². The minimum Gasteiger partial charge on any atom is -0.495 e. The number of amides is 3. The fraction of sp³-hybridized carbons (Fsp3) is 0.0789. The van der Waals surface area contributed by atoms with E-state index in [2.05, 4.69) is 16.0 Å². The molecular formula is C38H32ClN3O5S. The van der Waals surface area contributed by atoms with Crippen LogP contribution in [0, 0.1) is 0 Å². The van der Waals surface area contributed by atoms with Crippen molar-refractivity contribution in [2.24, 2.45) is 0 Å². The average molecular weight is 678 g/mol. The van der Waals surface area contributed by atoms with Crippen molar-refractivity contribution in [2.45, 2.75) is 10.1 Å².